The van der Waals surface area contributed by atoms with Crippen LogP contribution in [0.15, 0.2) is 0 Å². The Bertz CT molecular complexity index is 263. The van der Waals surface area contributed by atoms with Crippen molar-refractivity contribution in [2.75, 3.05) is 18.1 Å². The van der Waals surface area contributed by atoms with Crippen LogP contribution in [0.5, 0.6) is 0 Å². The van der Waals surface area contributed by atoms with Crippen molar-refractivity contribution >= 4 is 16.7 Å². The molecule has 1 aliphatic rings. The van der Waals surface area contributed by atoms with Gasteiger partial charge in [-0.15, -0.1) is 0 Å². The molecule has 3 N–H and O–H groups in total. The lowest BCUT2D eigenvalue weighted by atomic mass is 9.82. The minimum absolute atomic E-state index is 0.0692. The summed E-state index contributed by atoms with van der Waals surface area (Å²) in [6.07, 6.45) is 4.78. The molecule has 0 aromatic rings. The highest BCUT2D eigenvalue weighted by molar-refractivity contribution is 7.84. The number of carbonyl (C=O) groups excluding carboxylic acids is 1. The maximum absolute atomic E-state index is 11.9. The second-order valence-electron chi connectivity index (χ2n) is 4.41. The van der Waals surface area contributed by atoms with Gasteiger partial charge < -0.3 is 11.1 Å². The Kier molecular flexibility index (Phi) is 5.41. The number of hydrogen-bond acceptors (Lipinski definition) is 3. The Morgan fingerprint density at radius 1 is 1.38 bits per heavy atom. The Labute approximate surface area is 99.8 Å². The van der Waals surface area contributed by atoms with Crippen LogP contribution >= 0.6 is 0 Å². The van der Waals surface area contributed by atoms with E-state index in [9.17, 15) is 9.00 Å². The highest BCUT2D eigenvalue weighted by Crippen LogP contribution is 2.25. The zero-order valence-electron chi connectivity index (χ0n) is 9.96. The Morgan fingerprint density at radius 3 is 2.56 bits per heavy atom. The molecule has 0 aliphatic heterocycles. The first-order chi connectivity index (χ1) is 7.58. The molecule has 0 aromatic carbocycles. The SMILES string of the molecule is CCS(=O)CCNC(=O)C1(N)CCCCC1. The number of carbonyl (C=O) groups is 1. The molecule has 0 spiro atoms. The molecule has 1 amide bonds. The van der Waals surface area contributed by atoms with Gasteiger partial charge in [0.15, 0.2) is 0 Å². The fourth-order valence-corrected chi connectivity index (χ4v) is 2.63. The quantitative estimate of drug-likeness (QED) is 0.743. The van der Waals surface area contributed by atoms with Crippen molar-refractivity contribution in [3.8, 4) is 0 Å². The second-order valence-corrected chi connectivity index (χ2v) is 6.27. The first kappa shape index (κ1) is 13.6. The monoisotopic (exact) mass is 246 g/mol. The minimum atomic E-state index is -0.817. The van der Waals surface area contributed by atoms with E-state index in [2.05, 4.69) is 5.32 Å². The molecular weight excluding hydrogens is 224 g/mol. The van der Waals surface area contributed by atoms with Gasteiger partial charge in [0.2, 0.25) is 5.91 Å². The van der Waals surface area contributed by atoms with Crippen molar-refractivity contribution in [3.05, 3.63) is 0 Å². The van der Waals surface area contributed by atoms with E-state index < -0.39 is 16.3 Å². The molecule has 16 heavy (non-hydrogen) atoms. The van der Waals surface area contributed by atoms with E-state index in [0.29, 0.717) is 18.1 Å². The standard InChI is InChI=1S/C11H22N2O2S/c1-2-16(15)9-8-13-10(14)11(12)6-4-3-5-7-11/h2-9,12H2,1H3,(H,13,14). The summed E-state index contributed by atoms with van der Waals surface area (Å²) < 4.78 is 11.2. The van der Waals surface area contributed by atoms with Crippen molar-refractivity contribution in [3.63, 3.8) is 0 Å². The number of nitrogens with one attached hydrogen (secondary N) is 1. The lowest BCUT2D eigenvalue weighted by molar-refractivity contribution is -0.127. The average molecular weight is 246 g/mol. The molecule has 1 atom stereocenters. The van der Waals surface area contributed by atoms with Crippen LogP contribution in [0.4, 0.5) is 0 Å². The summed E-state index contributed by atoms with van der Waals surface area (Å²) in [5.74, 6) is 1.10. The van der Waals surface area contributed by atoms with Gasteiger partial charge in [0.1, 0.15) is 0 Å². The van der Waals surface area contributed by atoms with Gasteiger partial charge in [0.25, 0.3) is 0 Å². The van der Waals surface area contributed by atoms with Crippen molar-refractivity contribution in [2.45, 2.75) is 44.6 Å². The van der Waals surface area contributed by atoms with Crippen molar-refractivity contribution in [1.29, 1.82) is 0 Å². The summed E-state index contributed by atoms with van der Waals surface area (Å²) in [5.41, 5.74) is 5.39. The summed E-state index contributed by atoms with van der Waals surface area (Å²) >= 11 is 0. The van der Waals surface area contributed by atoms with E-state index in [1.165, 1.54) is 6.42 Å². The molecular formula is C11H22N2O2S. The van der Waals surface area contributed by atoms with Gasteiger partial charge in [-0.2, -0.15) is 0 Å². The molecule has 1 fully saturated rings. The fourth-order valence-electron chi connectivity index (χ4n) is 2.01. The van der Waals surface area contributed by atoms with Crippen LogP contribution < -0.4 is 11.1 Å². The third-order valence-corrected chi connectivity index (χ3v) is 4.44. The van der Waals surface area contributed by atoms with Gasteiger partial charge in [-0.05, 0) is 12.8 Å². The third-order valence-electron chi connectivity index (χ3n) is 3.14. The molecule has 0 heterocycles. The third kappa shape index (κ3) is 3.87. The van der Waals surface area contributed by atoms with Gasteiger partial charge in [0.05, 0.1) is 5.54 Å². The van der Waals surface area contributed by atoms with Gasteiger partial charge in [-0.1, -0.05) is 26.2 Å². The van der Waals surface area contributed by atoms with Gasteiger partial charge >= 0.3 is 0 Å². The van der Waals surface area contributed by atoms with E-state index in [0.717, 1.165) is 25.7 Å². The van der Waals surface area contributed by atoms with Gasteiger partial charge in [-0.3, -0.25) is 9.00 Å². The van der Waals surface area contributed by atoms with Crippen LogP contribution in [0, 0.1) is 0 Å². The van der Waals surface area contributed by atoms with Crippen LogP contribution in [0.3, 0.4) is 0 Å². The van der Waals surface area contributed by atoms with Crippen LogP contribution in [-0.2, 0) is 15.6 Å². The molecule has 4 nitrogen and oxygen atoms in total. The Morgan fingerprint density at radius 2 is 2.00 bits per heavy atom. The summed E-state index contributed by atoms with van der Waals surface area (Å²) in [6.45, 7) is 2.35. The summed E-state index contributed by atoms with van der Waals surface area (Å²) in [7, 11) is -0.817. The molecule has 1 rings (SSSR count). The topological polar surface area (TPSA) is 72.2 Å². The molecule has 1 unspecified atom stereocenters. The number of hydrogen-bond donors (Lipinski definition) is 2. The van der Waals surface area contributed by atoms with Gasteiger partial charge in [-0.25, -0.2) is 0 Å². The fraction of sp³-hybridized carbons (Fsp3) is 0.909. The van der Waals surface area contributed by atoms with E-state index in [4.69, 9.17) is 5.73 Å². The number of rotatable bonds is 5. The molecule has 1 saturated carbocycles. The predicted octanol–water partition coefficient (Wildman–Crippen LogP) is 0.533. The first-order valence-corrected chi connectivity index (χ1v) is 7.49. The van der Waals surface area contributed by atoms with Crippen molar-refractivity contribution < 1.29 is 9.00 Å². The molecule has 0 radical (unpaired) electrons. The van der Waals surface area contributed by atoms with Crippen LogP contribution in [0.25, 0.3) is 0 Å². The van der Waals surface area contributed by atoms with E-state index in [1.807, 2.05) is 6.92 Å². The summed E-state index contributed by atoms with van der Waals surface area (Å²) in [4.78, 5) is 11.9. The van der Waals surface area contributed by atoms with E-state index in [1.54, 1.807) is 0 Å². The highest BCUT2D eigenvalue weighted by Gasteiger charge is 2.34. The maximum atomic E-state index is 11.9. The smallest absolute Gasteiger partial charge is 0.240 e. The molecule has 94 valence electrons. The second kappa shape index (κ2) is 6.35. The van der Waals surface area contributed by atoms with Crippen molar-refractivity contribution in [1.82, 2.24) is 5.32 Å². The van der Waals surface area contributed by atoms with Crippen LogP contribution in [0.2, 0.25) is 0 Å². The average Bonchev–Trinajstić information content (AvgIpc) is 2.29. The van der Waals surface area contributed by atoms with E-state index in [-0.39, 0.29) is 5.91 Å². The number of amides is 1. The van der Waals surface area contributed by atoms with Gasteiger partial charge in [0, 0.05) is 28.9 Å². The number of nitrogens with two attached hydrogens (primary N) is 1. The summed E-state index contributed by atoms with van der Waals surface area (Å²) in [6, 6.07) is 0. The largest absolute Gasteiger partial charge is 0.354 e. The molecule has 0 saturated heterocycles. The molecule has 5 heteroatoms. The zero-order valence-corrected chi connectivity index (χ0v) is 10.8. The van der Waals surface area contributed by atoms with Crippen LogP contribution in [-0.4, -0.2) is 33.7 Å². The van der Waals surface area contributed by atoms with Crippen LogP contribution in [0.1, 0.15) is 39.0 Å². The molecule has 0 bridgehead atoms. The maximum Gasteiger partial charge on any atom is 0.240 e. The zero-order chi connectivity index (χ0) is 12.0. The molecule has 1 aliphatic carbocycles. The summed E-state index contributed by atoms with van der Waals surface area (Å²) in [5, 5.41) is 2.80. The molecule has 0 aromatic heterocycles. The van der Waals surface area contributed by atoms with E-state index >= 15 is 0 Å². The predicted molar refractivity (Wildman–Crippen MR) is 66.6 cm³/mol. The Balaban J connectivity index is 2.31. The highest BCUT2D eigenvalue weighted by atomic mass is 32.2. The normalized spacial score (nSPS) is 21.4. The lowest BCUT2D eigenvalue weighted by Crippen LogP contribution is -2.55. The minimum Gasteiger partial charge on any atom is -0.354 e. The Hall–Kier alpha value is -0.420. The van der Waals surface area contributed by atoms with Crippen molar-refractivity contribution in [2.24, 2.45) is 5.73 Å². The lowest BCUT2D eigenvalue weighted by Gasteiger charge is -2.31. The first-order valence-electron chi connectivity index (χ1n) is 6.00.